The van der Waals surface area contributed by atoms with Gasteiger partial charge in [-0.1, -0.05) is 6.92 Å². The van der Waals surface area contributed by atoms with Gasteiger partial charge in [-0.15, -0.1) is 0 Å². The molecule has 0 spiro atoms. The summed E-state index contributed by atoms with van der Waals surface area (Å²) >= 11 is 0. The van der Waals surface area contributed by atoms with Crippen LogP contribution in [0.1, 0.15) is 23.7 Å². The third kappa shape index (κ3) is 4.65. The number of ether oxygens (including phenoxy) is 3. The topological polar surface area (TPSA) is 136 Å². The van der Waals surface area contributed by atoms with Gasteiger partial charge in [0.25, 0.3) is 17.7 Å². The fourth-order valence-corrected chi connectivity index (χ4v) is 4.91. The van der Waals surface area contributed by atoms with E-state index in [0.717, 1.165) is 0 Å². The highest BCUT2D eigenvalue weighted by Gasteiger charge is 2.36. The maximum Gasteiger partial charge on any atom is 0.277 e. The van der Waals surface area contributed by atoms with Crippen molar-refractivity contribution in [3.63, 3.8) is 0 Å². The molecule has 0 aliphatic carbocycles. The summed E-state index contributed by atoms with van der Waals surface area (Å²) in [5, 5.41) is 2.57. The van der Waals surface area contributed by atoms with Crippen molar-refractivity contribution < 1.29 is 37.0 Å². The number of pyridine rings is 1. The first kappa shape index (κ1) is 25.2. The highest BCUT2D eigenvalue weighted by Crippen LogP contribution is 2.35. The molecule has 1 aromatic heterocycles. The molecule has 2 aliphatic rings. The van der Waals surface area contributed by atoms with Crippen molar-refractivity contribution in [2.24, 2.45) is 0 Å². The van der Waals surface area contributed by atoms with Gasteiger partial charge in [0.1, 0.15) is 17.9 Å². The van der Waals surface area contributed by atoms with E-state index in [1.807, 2.05) is 0 Å². The molecule has 1 fully saturated rings. The van der Waals surface area contributed by atoms with E-state index in [-0.39, 0.29) is 53.4 Å². The van der Waals surface area contributed by atoms with Crippen molar-refractivity contribution in [2.75, 3.05) is 51.1 Å². The number of methoxy groups -OCH3 is 2. The second-order valence-corrected chi connectivity index (χ2v) is 10.3. The van der Waals surface area contributed by atoms with E-state index in [0.29, 0.717) is 12.2 Å². The zero-order chi connectivity index (χ0) is 26.0. The Balaban J connectivity index is 1.59. The predicted molar refractivity (Wildman–Crippen MR) is 127 cm³/mol. The first-order chi connectivity index (χ1) is 17.2. The summed E-state index contributed by atoms with van der Waals surface area (Å²) in [5.41, 5.74) is 0.340. The van der Waals surface area contributed by atoms with Crippen LogP contribution in [0.5, 0.6) is 17.5 Å². The Labute approximate surface area is 208 Å². The van der Waals surface area contributed by atoms with Crippen LogP contribution >= 0.6 is 0 Å². The number of nitrogens with zero attached hydrogens (tertiary/aromatic N) is 4. The van der Waals surface area contributed by atoms with Crippen molar-refractivity contribution in [2.45, 2.75) is 18.2 Å². The molecular weight excluding hydrogens is 492 g/mol. The van der Waals surface area contributed by atoms with E-state index in [4.69, 9.17) is 14.2 Å². The maximum absolute atomic E-state index is 13.3. The van der Waals surface area contributed by atoms with Crippen LogP contribution in [0.3, 0.4) is 0 Å². The quantitative estimate of drug-likeness (QED) is 0.524. The minimum Gasteiger partial charge on any atom is -0.482 e. The summed E-state index contributed by atoms with van der Waals surface area (Å²) in [7, 11) is -0.732. The zero-order valence-corrected chi connectivity index (χ0v) is 20.9. The lowest BCUT2D eigenvalue weighted by atomic mass is 10.2. The molecule has 3 amide bonds. The van der Waals surface area contributed by atoms with Crippen LogP contribution in [0.25, 0.3) is 0 Å². The van der Waals surface area contributed by atoms with E-state index in [1.54, 1.807) is 0 Å². The smallest absolute Gasteiger partial charge is 0.277 e. The van der Waals surface area contributed by atoms with Crippen molar-refractivity contribution in [3.05, 3.63) is 35.9 Å². The SMILES string of the molecule is CCS(=O)(=O)c1ccc2c(c1)N(CC(=O)N1CCCN1C(=O)c1ccc(OC)nc1OC)C(=O)CO2. The molecule has 2 aromatic rings. The van der Waals surface area contributed by atoms with Gasteiger partial charge in [-0.2, -0.15) is 4.98 Å². The molecule has 12 nitrogen and oxygen atoms in total. The third-order valence-corrected chi connectivity index (χ3v) is 7.66. The van der Waals surface area contributed by atoms with Gasteiger partial charge in [-0.05, 0) is 30.7 Å². The molecule has 2 aliphatic heterocycles. The monoisotopic (exact) mass is 518 g/mol. The zero-order valence-electron chi connectivity index (χ0n) is 20.1. The van der Waals surface area contributed by atoms with Gasteiger partial charge >= 0.3 is 0 Å². The Kier molecular flexibility index (Phi) is 7.02. The van der Waals surface area contributed by atoms with Crippen LogP contribution < -0.4 is 19.1 Å². The van der Waals surface area contributed by atoms with E-state index >= 15 is 0 Å². The minimum absolute atomic E-state index is 0.0246. The van der Waals surface area contributed by atoms with Crippen LogP contribution in [-0.2, 0) is 19.4 Å². The van der Waals surface area contributed by atoms with Gasteiger partial charge in [-0.3, -0.25) is 19.3 Å². The Hall–Kier alpha value is -3.87. The Morgan fingerprint density at radius 3 is 2.53 bits per heavy atom. The first-order valence-electron chi connectivity index (χ1n) is 11.2. The van der Waals surface area contributed by atoms with Crippen molar-refractivity contribution in [1.82, 2.24) is 15.0 Å². The number of sulfone groups is 1. The summed E-state index contributed by atoms with van der Waals surface area (Å²) < 4.78 is 40.5. The molecule has 0 unspecified atom stereocenters. The lowest BCUT2D eigenvalue weighted by molar-refractivity contribution is -0.140. The second kappa shape index (κ2) is 10.0. The second-order valence-electron chi connectivity index (χ2n) is 8.01. The average Bonchev–Trinajstić information content (AvgIpc) is 3.39. The molecule has 0 atom stereocenters. The highest BCUT2D eigenvalue weighted by molar-refractivity contribution is 7.91. The summed E-state index contributed by atoms with van der Waals surface area (Å²) in [6.07, 6.45) is 0.538. The van der Waals surface area contributed by atoms with Crippen LogP contribution in [0.2, 0.25) is 0 Å². The van der Waals surface area contributed by atoms with Crippen LogP contribution in [0, 0.1) is 0 Å². The van der Waals surface area contributed by atoms with Crippen LogP contribution in [-0.4, -0.2) is 87.4 Å². The molecular formula is C23H26N4O8S. The van der Waals surface area contributed by atoms with Crippen molar-refractivity contribution in [1.29, 1.82) is 0 Å². The fraction of sp³-hybridized carbons (Fsp3) is 0.391. The van der Waals surface area contributed by atoms with Gasteiger partial charge in [0.05, 0.1) is 30.6 Å². The molecule has 1 saturated heterocycles. The number of fused-ring (bicyclic) bond motifs is 1. The maximum atomic E-state index is 13.3. The van der Waals surface area contributed by atoms with Gasteiger partial charge in [0, 0.05) is 19.2 Å². The average molecular weight is 519 g/mol. The fourth-order valence-electron chi connectivity index (χ4n) is 4.01. The number of benzene rings is 1. The standard InChI is InChI=1S/C23H26N4O8S/c1-4-36(31,32)15-6-8-18-17(12-15)25(21(29)14-35-18)13-20(28)26-10-5-11-27(26)23(30)16-7-9-19(33-2)24-22(16)34-3/h6-9,12H,4-5,10-11,13-14H2,1-3H3. The number of rotatable bonds is 7. The molecule has 0 radical (unpaired) electrons. The van der Waals surface area contributed by atoms with Gasteiger partial charge in [0.15, 0.2) is 16.4 Å². The van der Waals surface area contributed by atoms with Gasteiger partial charge in [0.2, 0.25) is 11.8 Å². The van der Waals surface area contributed by atoms with Gasteiger partial charge < -0.3 is 14.2 Å². The summed E-state index contributed by atoms with van der Waals surface area (Å²) in [5.74, 6) is -0.995. The van der Waals surface area contributed by atoms with E-state index in [2.05, 4.69) is 4.98 Å². The van der Waals surface area contributed by atoms with E-state index in [9.17, 15) is 22.8 Å². The molecule has 0 bridgehead atoms. The molecule has 36 heavy (non-hydrogen) atoms. The number of aromatic nitrogens is 1. The van der Waals surface area contributed by atoms with Gasteiger partial charge in [-0.25, -0.2) is 18.4 Å². The molecule has 3 heterocycles. The largest absolute Gasteiger partial charge is 0.482 e. The third-order valence-electron chi connectivity index (χ3n) is 5.93. The number of carbonyl (C=O) groups is 3. The summed E-state index contributed by atoms with van der Waals surface area (Å²) in [4.78, 5) is 44.6. The molecule has 0 saturated carbocycles. The van der Waals surface area contributed by atoms with Crippen LogP contribution in [0.15, 0.2) is 35.2 Å². The molecule has 13 heteroatoms. The van der Waals surface area contributed by atoms with Crippen LogP contribution in [0.4, 0.5) is 5.69 Å². The van der Waals surface area contributed by atoms with Crippen molar-refractivity contribution >= 4 is 33.2 Å². The highest BCUT2D eigenvalue weighted by atomic mass is 32.2. The number of anilines is 1. The molecule has 192 valence electrons. The molecule has 0 N–H and O–H groups in total. The molecule has 4 rings (SSSR count). The minimum atomic E-state index is -3.55. The first-order valence-corrected chi connectivity index (χ1v) is 12.9. The predicted octanol–water partition coefficient (Wildman–Crippen LogP) is 0.908. The van der Waals surface area contributed by atoms with Crippen molar-refractivity contribution in [3.8, 4) is 17.5 Å². The number of carbonyl (C=O) groups excluding carboxylic acids is 3. The number of amides is 3. The lowest BCUT2D eigenvalue weighted by Gasteiger charge is -2.33. The number of hydrazine groups is 1. The summed E-state index contributed by atoms with van der Waals surface area (Å²) in [6.45, 7) is 1.38. The lowest BCUT2D eigenvalue weighted by Crippen LogP contribution is -2.51. The Morgan fingerprint density at radius 2 is 1.83 bits per heavy atom. The molecule has 1 aromatic carbocycles. The van der Waals surface area contributed by atoms with E-state index in [1.165, 1.54) is 66.4 Å². The Bertz CT molecular complexity index is 1310. The number of hydrogen-bond donors (Lipinski definition) is 0. The van der Waals surface area contributed by atoms with E-state index < -0.39 is 34.1 Å². The number of hydrogen-bond acceptors (Lipinski definition) is 9. The Morgan fingerprint density at radius 1 is 1.08 bits per heavy atom. The normalized spacial score (nSPS) is 15.4. The summed E-state index contributed by atoms with van der Waals surface area (Å²) in [6, 6.07) is 7.23.